The van der Waals surface area contributed by atoms with E-state index >= 15 is 0 Å². The van der Waals surface area contributed by atoms with Crippen LogP contribution in [0.3, 0.4) is 0 Å². The summed E-state index contributed by atoms with van der Waals surface area (Å²) in [5, 5.41) is 0. The maximum atomic E-state index is 6.17. The number of allylic oxidation sites excluding steroid dienone is 2. The second kappa shape index (κ2) is 10.3. The monoisotopic (exact) mass is 404 g/mol. The molecule has 0 amide bonds. The van der Waals surface area contributed by atoms with Crippen LogP contribution < -0.4 is 0 Å². The number of aryl methyl sites for hydroxylation is 1. The van der Waals surface area contributed by atoms with Crippen LogP contribution >= 0.6 is 11.8 Å². The number of aromatic nitrogens is 1. The largest absolute Gasteiger partial charge is 0.378 e. The minimum atomic E-state index is -0.0179. The molecule has 28 heavy (non-hydrogen) atoms. The van der Waals surface area contributed by atoms with Gasteiger partial charge in [-0.15, -0.1) is 11.8 Å². The molecule has 4 heteroatoms. The average molecular weight is 405 g/mol. The first-order chi connectivity index (χ1) is 13.3. The van der Waals surface area contributed by atoms with Crippen LogP contribution in [0.2, 0.25) is 0 Å². The van der Waals surface area contributed by atoms with Gasteiger partial charge in [0.25, 0.3) is 0 Å². The molecule has 0 aromatic carbocycles. The molecule has 1 aliphatic heterocycles. The molecule has 1 aliphatic rings. The predicted octanol–water partition coefficient (Wildman–Crippen LogP) is 6.18. The lowest BCUT2D eigenvalue weighted by molar-refractivity contribution is -0.0290. The molecule has 2 rings (SSSR count). The first-order valence-electron chi connectivity index (χ1n) is 10.8. The maximum absolute atomic E-state index is 6.17. The Balaban J connectivity index is 2.21. The van der Waals surface area contributed by atoms with E-state index in [4.69, 9.17) is 4.74 Å². The summed E-state index contributed by atoms with van der Waals surface area (Å²) < 4.78 is 6.17. The molecule has 0 aliphatic carbocycles. The number of likely N-dealkylation sites (tertiary alicyclic amines) is 1. The van der Waals surface area contributed by atoms with E-state index in [2.05, 4.69) is 82.1 Å². The van der Waals surface area contributed by atoms with Crippen molar-refractivity contribution in [1.82, 2.24) is 9.88 Å². The number of rotatable bonds is 10. The van der Waals surface area contributed by atoms with E-state index in [9.17, 15) is 0 Å². The van der Waals surface area contributed by atoms with Crippen molar-refractivity contribution in [3.63, 3.8) is 0 Å². The minimum Gasteiger partial charge on any atom is -0.378 e. The van der Waals surface area contributed by atoms with Gasteiger partial charge >= 0.3 is 0 Å². The van der Waals surface area contributed by atoms with Gasteiger partial charge in [-0.05, 0) is 89.6 Å². The number of thioether (sulfide) groups is 1. The van der Waals surface area contributed by atoms with Gasteiger partial charge in [-0.25, -0.2) is 0 Å². The van der Waals surface area contributed by atoms with E-state index in [1.165, 1.54) is 23.3 Å². The highest BCUT2D eigenvalue weighted by Crippen LogP contribution is 2.45. The topological polar surface area (TPSA) is 25.4 Å². The van der Waals surface area contributed by atoms with Crippen LogP contribution in [0.4, 0.5) is 0 Å². The highest BCUT2D eigenvalue weighted by molar-refractivity contribution is 8.02. The van der Waals surface area contributed by atoms with Crippen LogP contribution in [0.1, 0.15) is 71.6 Å². The third-order valence-corrected chi connectivity index (χ3v) is 7.53. The maximum Gasteiger partial charge on any atom is 0.0615 e. The molecule has 1 aromatic heterocycles. The average Bonchev–Trinajstić information content (AvgIpc) is 3.12. The second-order valence-corrected chi connectivity index (χ2v) is 9.59. The van der Waals surface area contributed by atoms with Gasteiger partial charge in [-0.3, -0.25) is 9.88 Å². The zero-order valence-corrected chi connectivity index (χ0v) is 19.9. The first kappa shape index (κ1) is 23.4. The zero-order chi connectivity index (χ0) is 20.8. The zero-order valence-electron chi connectivity index (χ0n) is 19.0. The summed E-state index contributed by atoms with van der Waals surface area (Å²) in [6.45, 7) is 16.3. The lowest BCUT2D eigenvalue weighted by atomic mass is 9.77. The van der Waals surface area contributed by atoms with Crippen LogP contribution in [-0.2, 0) is 10.3 Å². The van der Waals surface area contributed by atoms with Crippen molar-refractivity contribution in [2.24, 2.45) is 5.41 Å². The highest BCUT2D eigenvalue weighted by atomic mass is 32.2. The van der Waals surface area contributed by atoms with Crippen LogP contribution in [-0.4, -0.2) is 41.9 Å². The van der Waals surface area contributed by atoms with Crippen molar-refractivity contribution < 1.29 is 4.74 Å². The highest BCUT2D eigenvalue weighted by Gasteiger charge is 2.46. The number of hydrogen-bond donors (Lipinski definition) is 0. The number of nitrogens with zero attached hydrogens (tertiary/aromatic N) is 2. The SMILES string of the molecule is CC/C=C(/CCC1(C(C)OCC)CCN(C(C)(C)c2ccc(C)nc2)C1)SC. The van der Waals surface area contributed by atoms with Crippen molar-refractivity contribution in [2.45, 2.75) is 78.9 Å². The molecule has 1 saturated heterocycles. The minimum absolute atomic E-state index is 0.0179. The molecule has 2 unspecified atom stereocenters. The summed E-state index contributed by atoms with van der Waals surface area (Å²) in [6.07, 6.45) is 11.6. The molecule has 0 radical (unpaired) electrons. The van der Waals surface area contributed by atoms with Crippen LogP contribution in [0.5, 0.6) is 0 Å². The predicted molar refractivity (Wildman–Crippen MR) is 123 cm³/mol. The Morgan fingerprint density at radius 2 is 2.14 bits per heavy atom. The van der Waals surface area contributed by atoms with Crippen molar-refractivity contribution in [2.75, 3.05) is 26.0 Å². The summed E-state index contributed by atoms with van der Waals surface area (Å²) in [4.78, 5) is 8.72. The van der Waals surface area contributed by atoms with E-state index in [0.29, 0.717) is 0 Å². The molecule has 2 atom stereocenters. The van der Waals surface area contributed by atoms with Gasteiger partial charge in [0, 0.05) is 36.0 Å². The molecule has 0 bridgehead atoms. The molecule has 3 nitrogen and oxygen atoms in total. The first-order valence-corrected chi connectivity index (χ1v) is 12.0. The van der Waals surface area contributed by atoms with Crippen LogP contribution in [0.15, 0.2) is 29.3 Å². The van der Waals surface area contributed by atoms with E-state index in [-0.39, 0.29) is 17.1 Å². The van der Waals surface area contributed by atoms with Gasteiger partial charge in [-0.2, -0.15) is 0 Å². The third kappa shape index (κ3) is 5.40. The van der Waals surface area contributed by atoms with Gasteiger partial charge in [0.05, 0.1) is 6.10 Å². The van der Waals surface area contributed by atoms with E-state index in [1.54, 1.807) is 0 Å². The van der Waals surface area contributed by atoms with E-state index < -0.39 is 0 Å². The standard InChI is InChI=1S/C24H40N2OS/c1-8-10-22(28-7)13-14-24(20(4)27-9-2)15-16-26(18-24)23(5,6)21-12-11-19(3)25-17-21/h10-12,17,20H,8-9,13-16,18H2,1-7H3/b22-10-. The molecular formula is C24H40N2OS. The molecular weight excluding hydrogens is 364 g/mol. The third-order valence-electron chi connectivity index (χ3n) is 6.64. The number of hydrogen-bond acceptors (Lipinski definition) is 4. The van der Waals surface area contributed by atoms with Crippen molar-refractivity contribution in [3.05, 3.63) is 40.6 Å². The Morgan fingerprint density at radius 1 is 1.39 bits per heavy atom. The number of ether oxygens (including phenoxy) is 1. The van der Waals surface area contributed by atoms with Gasteiger partial charge in [0.2, 0.25) is 0 Å². The van der Waals surface area contributed by atoms with Gasteiger partial charge in [-0.1, -0.05) is 19.1 Å². The molecule has 158 valence electrons. The molecule has 0 spiro atoms. The van der Waals surface area contributed by atoms with Crippen molar-refractivity contribution in [1.29, 1.82) is 0 Å². The van der Waals surface area contributed by atoms with Gasteiger partial charge < -0.3 is 4.74 Å². The summed E-state index contributed by atoms with van der Waals surface area (Å²) in [6, 6.07) is 4.37. The van der Waals surface area contributed by atoms with Crippen molar-refractivity contribution >= 4 is 11.8 Å². The lowest BCUT2D eigenvalue weighted by Gasteiger charge is -2.40. The Morgan fingerprint density at radius 3 is 2.71 bits per heavy atom. The van der Waals surface area contributed by atoms with Crippen LogP contribution in [0.25, 0.3) is 0 Å². The normalized spacial score (nSPS) is 22.6. The fraction of sp³-hybridized carbons (Fsp3) is 0.708. The second-order valence-electron chi connectivity index (χ2n) is 8.66. The lowest BCUT2D eigenvalue weighted by Crippen LogP contribution is -2.44. The summed E-state index contributed by atoms with van der Waals surface area (Å²) >= 11 is 1.90. The van der Waals surface area contributed by atoms with E-state index in [1.807, 2.05) is 11.8 Å². The van der Waals surface area contributed by atoms with Gasteiger partial charge in [0.1, 0.15) is 0 Å². The molecule has 0 N–H and O–H groups in total. The Kier molecular flexibility index (Phi) is 8.60. The Labute approximate surface area is 177 Å². The quantitative estimate of drug-likeness (QED) is 0.465. The summed E-state index contributed by atoms with van der Waals surface area (Å²) in [7, 11) is 0. The molecule has 1 fully saturated rings. The molecule has 0 saturated carbocycles. The summed E-state index contributed by atoms with van der Waals surface area (Å²) in [5.41, 5.74) is 2.57. The van der Waals surface area contributed by atoms with Gasteiger partial charge in [0.15, 0.2) is 0 Å². The molecule has 2 heterocycles. The Bertz CT molecular complexity index is 641. The fourth-order valence-electron chi connectivity index (χ4n) is 4.44. The van der Waals surface area contributed by atoms with Crippen LogP contribution in [0, 0.1) is 12.3 Å². The fourth-order valence-corrected chi connectivity index (χ4v) is 5.08. The number of pyridine rings is 1. The molecule has 1 aromatic rings. The summed E-state index contributed by atoms with van der Waals surface area (Å²) in [5.74, 6) is 0. The smallest absolute Gasteiger partial charge is 0.0615 e. The van der Waals surface area contributed by atoms with E-state index in [0.717, 1.165) is 38.2 Å². The Hall–Kier alpha value is -0.840. The van der Waals surface area contributed by atoms with Crippen molar-refractivity contribution in [3.8, 4) is 0 Å².